The molecule has 2 aliphatic rings. The summed E-state index contributed by atoms with van der Waals surface area (Å²) in [5.41, 5.74) is 15.9. The first-order chi connectivity index (χ1) is 33.8. The molecule has 14 rings (SSSR count). The molecule has 3 heteroatoms. The number of anilines is 3. The fourth-order valence-corrected chi connectivity index (χ4v) is 16.6. The highest BCUT2D eigenvalue weighted by molar-refractivity contribution is 7.26. The van der Waals surface area contributed by atoms with Crippen molar-refractivity contribution in [1.29, 1.82) is 0 Å². The van der Waals surface area contributed by atoms with Crippen molar-refractivity contribution in [3.8, 4) is 33.4 Å². The Balaban J connectivity index is 0.942. The van der Waals surface area contributed by atoms with Crippen molar-refractivity contribution in [3.63, 3.8) is 0 Å². The molecule has 11 aromatic carbocycles. The lowest BCUT2D eigenvalue weighted by molar-refractivity contribution is 0.768. The molecule has 2 heterocycles. The summed E-state index contributed by atoms with van der Waals surface area (Å²) in [6.45, 7) is 0. The fourth-order valence-electron chi connectivity index (χ4n) is 12.0. The van der Waals surface area contributed by atoms with Gasteiger partial charge in [0.05, 0.1) is 5.41 Å². The van der Waals surface area contributed by atoms with E-state index in [1.54, 1.807) is 0 Å². The summed E-state index contributed by atoms with van der Waals surface area (Å²) < 4.78 is 2.66. The molecular formula is C65H43NSSi. The van der Waals surface area contributed by atoms with Crippen LogP contribution in [0.15, 0.2) is 255 Å². The Labute approximate surface area is 402 Å². The van der Waals surface area contributed by atoms with E-state index in [2.05, 4.69) is 260 Å². The van der Waals surface area contributed by atoms with Crippen LogP contribution in [0.3, 0.4) is 0 Å². The van der Waals surface area contributed by atoms with Gasteiger partial charge in [-0.15, -0.1) is 11.3 Å². The second kappa shape index (κ2) is 15.5. The van der Waals surface area contributed by atoms with Gasteiger partial charge in [-0.05, 0) is 125 Å². The molecule has 1 aliphatic heterocycles. The third-order valence-electron chi connectivity index (χ3n) is 14.8. The number of thiophene rings is 1. The zero-order valence-corrected chi connectivity index (χ0v) is 39.2. The van der Waals surface area contributed by atoms with Crippen molar-refractivity contribution in [3.05, 3.63) is 277 Å². The first-order valence-corrected chi connectivity index (χ1v) is 26.2. The summed E-state index contributed by atoms with van der Waals surface area (Å²) in [4.78, 5) is 2.43. The van der Waals surface area contributed by atoms with Gasteiger partial charge >= 0.3 is 0 Å². The van der Waals surface area contributed by atoms with Crippen LogP contribution in [0.1, 0.15) is 22.3 Å². The molecule has 1 aliphatic carbocycles. The van der Waals surface area contributed by atoms with Gasteiger partial charge in [-0.1, -0.05) is 211 Å². The quantitative estimate of drug-likeness (QED) is 0.144. The summed E-state index contributed by atoms with van der Waals surface area (Å²) in [6, 6.07) is 95.4. The highest BCUT2D eigenvalue weighted by atomic mass is 32.1. The van der Waals surface area contributed by atoms with Gasteiger partial charge in [-0.3, -0.25) is 0 Å². The van der Waals surface area contributed by atoms with Gasteiger partial charge in [-0.25, -0.2) is 0 Å². The maximum Gasteiger partial charge on any atom is 0.134 e. The molecule has 0 fully saturated rings. The predicted octanol–water partition coefficient (Wildman–Crippen LogP) is 14.9. The van der Waals surface area contributed by atoms with Crippen LogP contribution in [0, 0.1) is 0 Å². The largest absolute Gasteiger partial charge is 0.310 e. The maximum atomic E-state index is 2.46. The van der Waals surface area contributed by atoms with Crippen LogP contribution in [-0.2, 0) is 5.41 Å². The maximum absolute atomic E-state index is 2.46. The molecule has 0 spiro atoms. The topological polar surface area (TPSA) is 3.24 Å². The zero-order valence-electron chi connectivity index (χ0n) is 37.2. The van der Waals surface area contributed by atoms with E-state index in [1.165, 1.54) is 102 Å². The molecular weight excluding hydrogens is 855 g/mol. The summed E-state index contributed by atoms with van der Waals surface area (Å²) in [6.07, 6.45) is 0. The van der Waals surface area contributed by atoms with Crippen LogP contribution in [0.4, 0.5) is 17.1 Å². The lowest BCUT2D eigenvalue weighted by atomic mass is 9.67. The lowest BCUT2D eigenvalue weighted by Crippen LogP contribution is -2.48. The number of para-hydroxylation sites is 1. The Kier molecular flexibility index (Phi) is 8.92. The molecule has 12 aromatic rings. The van der Waals surface area contributed by atoms with Gasteiger partial charge in [-0.2, -0.15) is 0 Å². The Hall–Kier alpha value is -8.08. The molecule has 0 saturated carbocycles. The smallest absolute Gasteiger partial charge is 0.134 e. The summed E-state index contributed by atoms with van der Waals surface area (Å²) >= 11 is 1.92. The summed E-state index contributed by atoms with van der Waals surface area (Å²) in [5.74, 6) is 0. The van der Waals surface area contributed by atoms with E-state index in [1.807, 2.05) is 11.3 Å². The van der Waals surface area contributed by atoms with Crippen LogP contribution in [0.5, 0.6) is 0 Å². The number of hydrogen-bond acceptors (Lipinski definition) is 2. The third kappa shape index (κ3) is 5.73. The molecule has 1 aromatic heterocycles. The highest BCUT2D eigenvalue weighted by Crippen LogP contribution is 2.57. The average Bonchev–Trinajstić information content (AvgIpc) is 4.07. The van der Waals surface area contributed by atoms with Crippen molar-refractivity contribution in [2.75, 3.05) is 4.90 Å². The molecule has 1 nitrogen and oxygen atoms in total. The van der Waals surface area contributed by atoms with E-state index in [-0.39, 0.29) is 0 Å². The van der Waals surface area contributed by atoms with E-state index in [0.29, 0.717) is 0 Å². The predicted molar refractivity (Wildman–Crippen MR) is 292 cm³/mol. The van der Waals surface area contributed by atoms with E-state index in [9.17, 15) is 0 Å². The summed E-state index contributed by atoms with van der Waals surface area (Å²) in [5, 5.41) is 9.94. The van der Waals surface area contributed by atoms with Gasteiger partial charge < -0.3 is 4.90 Å². The van der Waals surface area contributed by atoms with E-state index in [0.717, 1.165) is 17.1 Å². The molecule has 0 amide bonds. The van der Waals surface area contributed by atoms with E-state index >= 15 is 0 Å². The van der Waals surface area contributed by atoms with E-state index in [4.69, 9.17) is 0 Å². The van der Waals surface area contributed by atoms with Gasteiger partial charge in [0.1, 0.15) is 8.80 Å². The van der Waals surface area contributed by atoms with Gasteiger partial charge in [0.25, 0.3) is 0 Å². The molecule has 0 bridgehead atoms. The van der Waals surface area contributed by atoms with Crippen molar-refractivity contribution >= 4 is 83.7 Å². The van der Waals surface area contributed by atoms with Crippen LogP contribution in [-0.4, -0.2) is 8.80 Å². The highest BCUT2D eigenvalue weighted by Gasteiger charge is 2.46. The van der Waals surface area contributed by atoms with Crippen molar-refractivity contribution in [2.45, 2.75) is 5.41 Å². The molecule has 1 atom stereocenters. The lowest BCUT2D eigenvalue weighted by Gasteiger charge is -2.35. The standard InChI is InChI=1S/C65H43NSSi/c1-5-18-45(19-6-1)65(46-20-7-2-8-21-46)55-29-15-13-26-52(55)53-39-38-49(42-56(53)65)66(47-22-9-3-10-23-47)48-36-32-43(33-37-48)51-28-17-30-57-62(51)64-58(67-57)40-34-44-35-41-60-63(61(44)64)54-27-14-16-31-59(54)68(60)50-24-11-4-12-25-50/h1-42,68H. The minimum atomic E-state index is -1.67. The minimum absolute atomic E-state index is 0.490. The Bertz CT molecular complexity index is 3860. The molecule has 0 radical (unpaired) electrons. The molecule has 0 saturated heterocycles. The van der Waals surface area contributed by atoms with Crippen LogP contribution < -0.4 is 20.5 Å². The molecule has 68 heavy (non-hydrogen) atoms. The second-order valence-corrected chi connectivity index (χ2v) is 22.1. The normalized spacial score (nSPS) is 14.1. The molecule has 318 valence electrons. The van der Waals surface area contributed by atoms with Crippen LogP contribution >= 0.6 is 11.3 Å². The van der Waals surface area contributed by atoms with Crippen molar-refractivity contribution < 1.29 is 0 Å². The Morgan fingerprint density at radius 1 is 0.353 bits per heavy atom. The van der Waals surface area contributed by atoms with E-state index < -0.39 is 14.2 Å². The number of hydrogen-bond donors (Lipinski definition) is 0. The zero-order chi connectivity index (χ0) is 44.8. The van der Waals surface area contributed by atoms with Crippen LogP contribution in [0.25, 0.3) is 64.3 Å². The van der Waals surface area contributed by atoms with Crippen molar-refractivity contribution in [1.82, 2.24) is 0 Å². The number of benzene rings is 11. The van der Waals surface area contributed by atoms with Gasteiger partial charge in [0.15, 0.2) is 0 Å². The van der Waals surface area contributed by atoms with Gasteiger partial charge in [0.2, 0.25) is 0 Å². The third-order valence-corrected chi connectivity index (χ3v) is 19.2. The second-order valence-electron chi connectivity index (χ2n) is 18.3. The molecule has 1 unspecified atom stereocenters. The average molecular weight is 898 g/mol. The molecule has 0 N–H and O–H groups in total. The number of rotatable bonds is 7. The number of nitrogens with zero attached hydrogens (tertiary/aromatic N) is 1. The fraction of sp³-hybridized carbons (Fsp3) is 0.0154. The summed E-state index contributed by atoms with van der Waals surface area (Å²) in [7, 11) is -1.67. The SMILES string of the molecule is c1ccc(N(c2ccc(-c3cccc4sc5ccc6ccc7c(c6c5c34)-c3ccccc3[SiH]7c3ccccc3)cc2)c2ccc3c(c2)C(c2ccccc2)(c2ccccc2)c2ccccc2-3)cc1. The number of fused-ring (bicyclic) bond motifs is 12. The Morgan fingerprint density at radius 2 is 0.926 bits per heavy atom. The van der Waals surface area contributed by atoms with Crippen molar-refractivity contribution in [2.24, 2.45) is 0 Å². The van der Waals surface area contributed by atoms with Crippen LogP contribution in [0.2, 0.25) is 0 Å². The Morgan fingerprint density at radius 3 is 1.68 bits per heavy atom. The minimum Gasteiger partial charge on any atom is -0.310 e. The monoisotopic (exact) mass is 897 g/mol. The first-order valence-electron chi connectivity index (χ1n) is 23.6. The van der Waals surface area contributed by atoms with Gasteiger partial charge in [0, 0.05) is 37.2 Å². The first kappa shape index (κ1) is 39.1.